The number of carbonyl (C=O) groups excluding carboxylic acids is 2. The molecule has 148 valence electrons. The molecule has 1 aliphatic carbocycles. The summed E-state index contributed by atoms with van der Waals surface area (Å²) in [6, 6.07) is 3.99. The van der Waals surface area contributed by atoms with Gasteiger partial charge in [0.25, 0.3) is 5.91 Å². The Hall–Kier alpha value is -2.61. The summed E-state index contributed by atoms with van der Waals surface area (Å²) in [5, 5.41) is 7.17. The van der Waals surface area contributed by atoms with Crippen LogP contribution >= 0.6 is 11.6 Å². The molecule has 7 nitrogen and oxygen atoms in total. The van der Waals surface area contributed by atoms with Gasteiger partial charge in [-0.3, -0.25) is 14.3 Å². The molecule has 0 bridgehead atoms. The van der Waals surface area contributed by atoms with Crippen molar-refractivity contribution in [3.05, 3.63) is 40.3 Å². The van der Waals surface area contributed by atoms with Crippen molar-refractivity contribution in [2.24, 2.45) is 12.5 Å². The van der Waals surface area contributed by atoms with E-state index in [1.54, 1.807) is 11.9 Å². The molecular weight excluding hydrogens is 385 g/mol. The molecule has 1 spiro atoms. The Morgan fingerprint density at radius 1 is 1.46 bits per heavy atom. The molecule has 28 heavy (non-hydrogen) atoms. The number of nitrogens with two attached hydrogens (primary N) is 1. The maximum atomic E-state index is 13.4. The van der Waals surface area contributed by atoms with Crippen LogP contribution in [0.2, 0.25) is 5.02 Å². The highest BCUT2D eigenvalue weighted by molar-refractivity contribution is 6.31. The van der Waals surface area contributed by atoms with Gasteiger partial charge in [0.15, 0.2) is 0 Å². The Labute approximate surface area is 166 Å². The Bertz CT molecular complexity index is 954. The van der Waals surface area contributed by atoms with Crippen LogP contribution in [0.5, 0.6) is 0 Å². The van der Waals surface area contributed by atoms with Crippen molar-refractivity contribution in [2.75, 3.05) is 24.1 Å². The first kappa shape index (κ1) is 18.7. The first-order valence-corrected chi connectivity index (χ1v) is 9.48. The second-order valence-electron chi connectivity index (χ2n) is 7.80. The van der Waals surface area contributed by atoms with Crippen LogP contribution in [-0.2, 0) is 11.8 Å². The number of amides is 2. The van der Waals surface area contributed by atoms with Crippen LogP contribution in [0.15, 0.2) is 18.2 Å². The van der Waals surface area contributed by atoms with Gasteiger partial charge in [0, 0.05) is 37.2 Å². The van der Waals surface area contributed by atoms with Crippen LogP contribution in [0.3, 0.4) is 0 Å². The number of nitrogens with zero attached hydrogens (tertiary/aromatic N) is 3. The van der Waals surface area contributed by atoms with E-state index in [1.165, 1.54) is 22.9 Å². The standard InChI is InChI=1S/C19H21ClFN5O2/c1-25-17(22)15(18(28)23-12-2-3-14(21)13(20)6-12)16(24-25)11-4-5-19(7-11)8-26(9-19)10-27/h2-3,6,10-11H,4-5,7-9,22H2,1H3,(H,23,28). The first-order valence-electron chi connectivity index (χ1n) is 9.10. The number of halogens is 2. The first-order chi connectivity index (χ1) is 13.3. The van der Waals surface area contributed by atoms with Crippen LogP contribution in [0.4, 0.5) is 15.9 Å². The molecule has 3 N–H and O–H groups in total. The number of hydrogen-bond donors (Lipinski definition) is 2. The molecule has 1 aromatic carbocycles. The molecule has 9 heteroatoms. The van der Waals surface area contributed by atoms with Crippen molar-refractivity contribution >= 4 is 35.4 Å². The van der Waals surface area contributed by atoms with Crippen LogP contribution in [0, 0.1) is 11.2 Å². The van der Waals surface area contributed by atoms with Crippen molar-refractivity contribution in [3.63, 3.8) is 0 Å². The number of nitrogen functional groups attached to an aromatic ring is 1. The van der Waals surface area contributed by atoms with Gasteiger partial charge >= 0.3 is 0 Å². The van der Waals surface area contributed by atoms with Crippen molar-refractivity contribution < 1.29 is 14.0 Å². The van der Waals surface area contributed by atoms with Gasteiger partial charge in [0.2, 0.25) is 6.41 Å². The molecule has 2 aliphatic rings. The lowest BCUT2D eigenvalue weighted by Crippen LogP contribution is -2.54. The van der Waals surface area contributed by atoms with E-state index in [2.05, 4.69) is 10.4 Å². The maximum absolute atomic E-state index is 13.4. The van der Waals surface area contributed by atoms with Crippen molar-refractivity contribution in [1.29, 1.82) is 0 Å². The number of aromatic nitrogens is 2. The summed E-state index contributed by atoms with van der Waals surface area (Å²) in [7, 11) is 1.70. The fraction of sp³-hybridized carbons (Fsp3) is 0.421. The van der Waals surface area contributed by atoms with Gasteiger partial charge in [0.05, 0.1) is 10.7 Å². The minimum absolute atomic E-state index is 0.0698. The molecule has 1 saturated heterocycles. The minimum Gasteiger partial charge on any atom is -0.383 e. The van der Waals surface area contributed by atoms with Gasteiger partial charge in [-0.05, 0) is 37.5 Å². The Kier molecular flexibility index (Phi) is 4.53. The Morgan fingerprint density at radius 3 is 2.89 bits per heavy atom. The predicted octanol–water partition coefficient (Wildman–Crippen LogP) is 2.77. The van der Waals surface area contributed by atoms with E-state index in [-0.39, 0.29) is 22.2 Å². The fourth-order valence-electron chi connectivity index (χ4n) is 4.46. The monoisotopic (exact) mass is 405 g/mol. The smallest absolute Gasteiger partial charge is 0.261 e. The van der Waals surface area contributed by atoms with E-state index >= 15 is 0 Å². The SMILES string of the molecule is Cn1nc(C2CCC3(C2)CN(C=O)C3)c(C(=O)Nc2ccc(F)c(Cl)c2)c1N. The topological polar surface area (TPSA) is 93.2 Å². The fourth-order valence-corrected chi connectivity index (χ4v) is 4.64. The highest BCUT2D eigenvalue weighted by Gasteiger charge is 2.49. The van der Waals surface area contributed by atoms with Crippen molar-refractivity contribution in [2.45, 2.75) is 25.2 Å². The molecule has 2 heterocycles. The van der Waals surface area contributed by atoms with Gasteiger partial charge in [-0.2, -0.15) is 5.10 Å². The van der Waals surface area contributed by atoms with E-state index in [1.807, 2.05) is 0 Å². The molecule has 4 rings (SSSR count). The average Bonchev–Trinajstić information content (AvgIpc) is 3.19. The predicted molar refractivity (Wildman–Crippen MR) is 104 cm³/mol. The number of anilines is 2. The van der Waals surface area contributed by atoms with Crippen LogP contribution in [0.1, 0.15) is 41.2 Å². The zero-order chi connectivity index (χ0) is 20.1. The molecular formula is C19H21ClFN5O2. The van der Waals surface area contributed by atoms with E-state index in [4.69, 9.17) is 17.3 Å². The lowest BCUT2D eigenvalue weighted by Gasteiger charge is -2.46. The summed E-state index contributed by atoms with van der Waals surface area (Å²) in [6.45, 7) is 1.51. The highest BCUT2D eigenvalue weighted by atomic mass is 35.5. The normalized spacial score (nSPS) is 20.2. The summed E-state index contributed by atoms with van der Waals surface area (Å²) in [6.07, 6.45) is 3.64. The van der Waals surface area contributed by atoms with E-state index in [9.17, 15) is 14.0 Å². The number of benzene rings is 1. The second-order valence-corrected chi connectivity index (χ2v) is 8.21. The summed E-state index contributed by atoms with van der Waals surface area (Å²) >= 11 is 5.79. The maximum Gasteiger partial charge on any atom is 0.261 e. The largest absolute Gasteiger partial charge is 0.383 e. The molecule has 1 aromatic heterocycles. The number of aryl methyl sites for hydroxylation is 1. The number of hydrogen-bond acceptors (Lipinski definition) is 4. The van der Waals surface area contributed by atoms with Gasteiger partial charge in [-0.1, -0.05) is 11.6 Å². The van der Waals surface area contributed by atoms with Crippen LogP contribution < -0.4 is 11.1 Å². The van der Waals surface area contributed by atoms with Crippen LogP contribution in [-0.4, -0.2) is 40.1 Å². The number of nitrogens with one attached hydrogen (secondary N) is 1. The highest BCUT2D eigenvalue weighted by Crippen LogP contribution is 2.51. The molecule has 0 radical (unpaired) electrons. The van der Waals surface area contributed by atoms with E-state index in [0.717, 1.165) is 38.8 Å². The quantitative estimate of drug-likeness (QED) is 0.765. The van der Waals surface area contributed by atoms with Gasteiger partial charge < -0.3 is 16.0 Å². The number of carbonyl (C=O) groups is 2. The van der Waals surface area contributed by atoms with Crippen molar-refractivity contribution in [3.8, 4) is 0 Å². The van der Waals surface area contributed by atoms with Gasteiger partial charge in [-0.25, -0.2) is 4.39 Å². The summed E-state index contributed by atoms with van der Waals surface area (Å²) < 4.78 is 14.9. The zero-order valence-electron chi connectivity index (χ0n) is 15.4. The summed E-state index contributed by atoms with van der Waals surface area (Å²) in [5.41, 5.74) is 7.66. The third-order valence-corrected chi connectivity index (χ3v) is 6.13. The van der Waals surface area contributed by atoms with Crippen molar-refractivity contribution in [1.82, 2.24) is 14.7 Å². The molecule has 1 aliphatic heterocycles. The lowest BCUT2D eigenvalue weighted by atomic mass is 9.77. The third kappa shape index (κ3) is 3.11. The van der Waals surface area contributed by atoms with E-state index < -0.39 is 11.7 Å². The molecule has 2 aromatic rings. The minimum atomic E-state index is -0.553. The van der Waals surface area contributed by atoms with Gasteiger partial charge in [0.1, 0.15) is 17.2 Å². The number of rotatable bonds is 4. The third-order valence-electron chi connectivity index (χ3n) is 5.84. The molecule has 1 unspecified atom stereocenters. The Balaban J connectivity index is 1.57. The second kappa shape index (κ2) is 6.77. The molecule has 2 amide bonds. The number of likely N-dealkylation sites (tertiary alicyclic amines) is 1. The van der Waals surface area contributed by atoms with Gasteiger partial charge in [-0.15, -0.1) is 0 Å². The summed E-state index contributed by atoms with van der Waals surface area (Å²) in [4.78, 5) is 25.6. The average molecular weight is 406 g/mol. The Morgan fingerprint density at radius 2 is 2.21 bits per heavy atom. The zero-order valence-corrected chi connectivity index (χ0v) is 16.2. The molecule has 1 atom stereocenters. The molecule has 2 fully saturated rings. The lowest BCUT2D eigenvalue weighted by molar-refractivity contribution is -0.129. The van der Waals surface area contributed by atoms with E-state index in [0.29, 0.717) is 16.9 Å². The summed E-state index contributed by atoms with van der Waals surface area (Å²) in [5.74, 6) is -0.561. The van der Waals surface area contributed by atoms with Crippen LogP contribution in [0.25, 0.3) is 0 Å². The molecule has 1 saturated carbocycles.